The Hall–Kier alpha value is -3.46. The van der Waals surface area contributed by atoms with Gasteiger partial charge >= 0.3 is 11.9 Å². The van der Waals surface area contributed by atoms with Crippen LogP contribution in [0.4, 0.5) is 5.69 Å². The number of rotatable bonds is 6. The van der Waals surface area contributed by atoms with Gasteiger partial charge in [0.05, 0.1) is 37.5 Å². The molecular weight excluding hydrogens is 396 g/mol. The van der Waals surface area contributed by atoms with Gasteiger partial charge in [0.15, 0.2) is 6.04 Å². The molecule has 1 aliphatic rings. The predicted octanol–water partition coefficient (Wildman–Crippen LogP) is 2.46. The molecule has 1 atom stereocenters. The number of benzene rings is 1. The van der Waals surface area contributed by atoms with Crippen molar-refractivity contribution in [2.75, 3.05) is 26.3 Å². The third kappa shape index (κ3) is 4.04. The Labute approximate surface area is 171 Å². The molecule has 0 bridgehead atoms. The van der Waals surface area contributed by atoms with Gasteiger partial charge in [-0.1, -0.05) is 6.07 Å². The number of Topliss-reactive ketones (excluding diaryl/α,β-unsaturated/α-hetero) is 1. The van der Waals surface area contributed by atoms with Crippen LogP contribution in [-0.2, 0) is 19.1 Å². The summed E-state index contributed by atoms with van der Waals surface area (Å²) in [5.74, 6) is -1.25. The number of carbonyl (C=O) groups excluding carboxylic acids is 3. The number of ether oxygens (including phenoxy) is 3. The van der Waals surface area contributed by atoms with E-state index in [2.05, 4.69) is 5.10 Å². The lowest BCUT2D eigenvalue weighted by molar-refractivity contribution is -0.144. The van der Waals surface area contributed by atoms with Crippen LogP contribution in [0.5, 0.6) is 5.75 Å². The summed E-state index contributed by atoms with van der Waals surface area (Å²) >= 11 is 1.25. The molecule has 2 heterocycles. The molecule has 1 aromatic heterocycles. The van der Waals surface area contributed by atoms with Crippen molar-refractivity contribution in [2.45, 2.75) is 6.04 Å². The zero-order valence-electron chi connectivity index (χ0n) is 15.9. The van der Waals surface area contributed by atoms with E-state index in [-0.39, 0.29) is 17.1 Å². The number of esters is 2. The number of hydrogen-bond donors (Lipinski definition) is 0. The molecule has 1 aromatic carbocycles. The average molecular weight is 414 g/mol. The second-order valence-electron chi connectivity index (χ2n) is 5.85. The van der Waals surface area contributed by atoms with Gasteiger partial charge in [-0.05, 0) is 41.8 Å². The molecule has 2 aromatic rings. The molecule has 0 fully saturated rings. The zero-order chi connectivity index (χ0) is 21.0. The third-order valence-corrected chi connectivity index (χ3v) is 5.08. The van der Waals surface area contributed by atoms with Crippen molar-refractivity contribution >= 4 is 40.5 Å². The highest BCUT2D eigenvalue weighted by Crippen LogP contribution is 2.29. The van der Waals surface area contributed by atoms with E-state index in [1.165, 1.54) is 43.8 Å². The van der Waals surface area contributed by atoms with Gasteiger partial charge in [0, 0.05) is 0 Å². The van der Waals surface area contributed by atoms with E-state index >= 15 is 0 Å². The van der Waals surface area contributed by atoms with Gasteiger partial charge < -0.3 is 14.2 Å². The fraction of sp³-hybridized carbons (Fsp3) is 0.200. The summed E-state index contributed by atoms with van der Waals surface area (Å²) in [6.07, 6.45) is 1.27. The molecule has 0 amide bonds. The Bertz CT molecular complexity index is 979. The Morgan fingerprint density at radius 2 is 1.76 bits per heavy atom. The third-order valence-electron chi connectivity index (χ3n) is 4.21. The molecule has 0 radical (unpaired) electrons. The van der Waals surface area contributed by atoms with Crippen molar-refractivity contribution in [3.05, 3.63) is 58.3 Å². The van der Waals surface area contributed by atoms with Gasteiger partial charge in [0.25, 0.3) is 0 Å². The number of methoxy groups -OCH3 is 3. The standard InChI is InChI=1S/C20H18N2O6S/c1-26-13-8-6-12(7-9-13)22-17(20(25)28-3)14(19(24)27-2)11-15(21-22)18(23)16-5-4-10-29-16/h4-11,17H,1-3H3/t17-/m1/s1. The van der Waals surface area contributed by atoms with Crippen molar-refractivity contribution in [1.29, 1.82) is 0 Å². The molecule has 0 saturated heterocycles. The van der Waals surface area contributed by atoms with Crippen LogP contribution < -0.4 is 9.75 Å². The SMILES string of the molecule is COC(=O)C1=CC(C(=O)c2cccs2)=NN(c2ccc(OC)cc2)[C@H]1C(=O)OC. The van der Waals surface area contributed by atoms with E-state index in [0.29, 0.717) is 16.3 Å². The Morgan fingerprint density at radius 1 is 1.03 bits per heavy atom. The summed E-state index contributed by atoms with van der Waals surface area (Å²) in [4.78, 5) is 38.3. The number of nitrogens with zero attached hydrogens (tertiary/aromatic N) is 2. The van der Waals surface area contributed by atoms with Gasteiger partial charge in [-0.2, -0.15) is 5.10 Å². The number of hydrogen-bond acceptors (Lipinski definition) is 9. The first-order chi connectivity index (χ1) is 14.0. The number of ketones is 1. The van der Waals surface area contributed by atoms with Crippen LogP contribution in [0.1, 0.15) is 9.67 Å². The lowest BCUT2D eigenvalue weighted by atomic mass is 10.00. The van der Waals surface area contributed by atoms with Gasteiger partial charge in [-0.15, -0.1) is 11.3 Å². The fourth-order valence-electron chi connectivity index (χ4n) is 2.77. The van der Waals surface area contributed by atoms with Crippen LogP contribution >= 0.6 is 11.3 Å². The maximum absolute atomic E-state index is 12.9. The largest absolute Gasteiger partial charge is 0.497 e. The summed E-state index contributed by atoms with van der Waals surface area (Å²) < 4.78 is 14.9. The highest BCUT2D eigenvalue weighted by Gasteiger charge is 2.39. The van der Waals surface area contributed by atoms with Gasteiger partial charge in [-0.25, -0.2) is 14.6 Å². The van der Waals surface area contributed by atoms with Crippen LogP contribution in [0.2, 0.25) is 0 Å². The van der Waals surface area contributed by atoms with Crippen molar-refractivity contribution in [3.8, 4) is 5.75 Å². The van der Waals surface area contributed by atoms with E-state index in [1.54, 1.807) is 41.8 Å². The second-order valence-corrected chi connectivity index (χ2v) is 6.80. The highest BCUT2D eigenvalue weighted by molar-refractivity contribution is 7.13. The summed E-state index contributed by atoms with van der Waals surface area (Å²) in [7, 11) is 3.93. The first kappa shape index (κ1) is 20.3. The quantitative estimate of drug-likeness (QED) is 0.529. The first-order valence-corrected chi connectivity index (χ1v) is 9.36. The van der Waals surface area contributed by atoms with Crippen molar-refractivity contribution in [1.82, 2.24) is 0 Å². The Balaban J connectivity index is 2.13. The van der Waals surface area contributed by atoms with Crippen LogP contribution in [0.3, 0.4) is 0 Å². The zero-order valence-corrected chi connectivity index (χ0v) is 16.8. The summed E-state index contributed by atoms with van der Waals surface area (Å²) in [5, 5.41) is 7.40. The van der Waals surface area contributed by atoms with E-state index in [1.807, 2.05) is 0 Å². The molecule has 29 heavy (non-hydrogen) atoms. The second kappa shape index (κ2) is 8.70. The average Bonchev–Trinajstić information content (AvgIpc) is 3.31. The van der Waals surface area contributed by atoms with E-state index in [0.717, 1.165) is 0 Å². The molecule has 0 saturated carbocycles. The lowest BCUT2D eigenvalue weighted by Gasteiger charge is -2.31. The Kier molecular flexibility index (Phi) is 6.08. The van der Waals surface area contributed by atoms with Gasteiger partial charge in [0.1, 0.15) is 11.5 Å². The summed E-state index contributed by atoms with van der Waals surface area (Å²) in [6.45, 7) is 0. The molecule has 0 aliphatic carbocycles. The highest BCUT2D eigenvalue weighted by atomic mass is 32.1. The predicted molar refractivity (Wildman–Crippen MR) is 107 cm³/mol. The maximum atomic E-state index is 12.9. The number of anilines is 1. The van der Waals surface area contributed by atoms with Gasteiger partial charge in [0.2, 0.25) is 5.78 Å². The number of thiophene rings is 1. The first-order valence-electron chi connectivity index (χ1n) is 8.48. The summed E-state index contributed by atoms with van der Waals surface area (Å²) in [5.41, 5.74) is 0.418. The van der Waals surface area contributed by atoms with Crippen LogP contribution in [-0.4, -0.2) is 50.8 Å². The van der Waals surface area contributed by atoms with E-state index in [9.17, 15) is 14.4 Å². The van der Waals surface area contributed by atoms with Crippen LogP contribution in [0, 0.1) is 0 Å². The Morgan fingerprint density at radius 3 is 2.31 bits per heavy atom. The number of allylic oxidation sites excluding steroid dienone is 1. The molecule has 8 nitrogen and oxygen atoms in total. The molecular formula is C20H18N2O6S. The smallest absolute Gasteiger partial charge is 0.336 e. The fourth-order valence-corrected chi connectivity index (χ4v) is 3.45. The topological polar surface area (TPSA) is 94.5 Å². The minimum Gasteiger partial charge on any atom is -0.497 e. The molecule has 3 rings (SSSR count). The van der Waals surface area contributed by atoms with Crippen molar-refractivity contribution in [3.63, 3.8) is 0 Å². The van der Waals surface area contributed by atoms with Crippen molar-refractivity contribution in [2.24, 2.45) is 5.10 Å². The summed E-state index contributed by atoms with van der Waals surface area (Å²) in [6, 6.07) is 8.86. The molecule has 1 aliphatic heterocycles. The van der Waals surface area contributed by atoms with Crippen molar-refractivity contribution < 1.29 is 28.6 Å². The normalized spacial score (nSPS) is 15.8. The van der Waals surface area contributed by atoms with Crippen LogP contribution in [0.25, 0.3) is 0 Å². The number of hydrazone groups is 1. The van der Waals surface area contributed by atoms with Crippen LogP contribution in [0.15, 0.2) is 58.5 Å². The molecule has 0 spiro atoms. The molecule has 0 N–H and O–H groups in total. The monoisotopic (exact) mass is 414 g/mol. The number of carbonyl (C=O) groups is 3. The minimum atomic E-state index is -1.21. The molecule has 9 heteroatoms. The lowest BCUT2D eigenvalue weighted by Crippen LogP contribution is -2.46. The van der Waals surface area contributed by atoms with Gasteiger partial charge in [-0.3, -0.25) is 4.79 Å². The van der Waals surface area contributed by atoms with E-state index in [4.69, 9.17) is 14.2 Å². The van der Waals surface area contributed by atoms with E-state index < -0.39 is 18.0 Å². The molecule has 0 unspecified atom stereocenters. The maximum Gasteiger partial charge on any atom is 0.336 e. The minimum absolute atomic E-state index is 0.00354. The molecule has 150 valence electrons.